The van der Waals surface area contributed by atoms with Gasteiger partial charge >= 0.3 is 6.61 Å². The summed E-state index contributed by atoms with van der Waals surface area (Å²) in [6.45, 7) is 2.12. The van der Waals surface area contributed by atoms with Crippen LogP contribution in [0, 0.1) is 13.8 Å². The molecular weight excluding hydrogens is 268 g/mol. The monoisotopic (exact) mass is 283 g/mol. The number of rotatable bonds is 5. The average Bonchev–Trinajstić information content (AvgIpc) is 2.66. The number of halogens is 2. The van der Waals surface area contributed by atoms with Crippen LogP contribution in [0.1, 0.15) is 15.3 Å². The number of nitrogens with one attached hydrogen (secondary N) is 1. The van der Waals surface area contributed by atoms with E-state index in [4.69, 9.17) is 0 Å². The van der Waals surface area contributed by atoms with Crippen molar-refractivity contribution in [1.82, 2.24) is 0 Å². The third kappa shape index (κ3) is 3.92. The lowest BCUT2D eigenvalue weighted by Gasteiger charge is -2.08. The topological polar surface area (TPSA) is 21.3 Å². The van der Waals surface area contributed by atoms with E-state index in [-0.39, 0.29) is 5.75 Å². The second-order valence-electron chi connectivity index (χ2n) is 4.19. The van der Waals surface area contributed by atoms with Gasteiger partial charge in [-0.1, -0.05) is 0 Å². The average molecular weight is 283 g/mol. The number of alkyl halides is 2. The summed E-state index contributed by atoms with van der Waals surface area (Å²) in [6, 6.07) is 8.67. The van der Waals surface area contributed by atoms with E-state index in [1.165, 1.54) is 27.5 Å². The van der Waals surface area contributed by atoms with E-state index in [1.54, 1.807) is 23.5 Å². The molecule has 0 atom stereocenters. The molecule has 1 N–H and O–H groups in total. The van der Waals surface area contributed by atoms with Gasteiger partial charge in [0.25, 0.3) is 0 Å². The Morgan fingerprint density at radius 1 is 1.21 bits per heavy atom. The fourth-order valence-electron chi connectivity index (χ4n) is 1.81. The molecule has 0 saturated heterocycles. The van der Waals surface area contributed by atoms with Crippen molar-refractivity contribution in [2.45, 2.75) is 27.0 Å². The first-order valence-corrected chi connectivity index (χ1v) is 6.71. The molecular formula is C14H15F2NOS. The summed E-state index contributed by atoms with van der Waals surface area (Å²) in [5.41, 5.74) is 2.14. The highest BCUT2D eigenvalue weighted by atomic mass is 32.1. The Balaban J connectivity index is 1.94. The van der Waals surface area contributed by atoms with Gasteiger partial charge in [0, 0.05) is 22.0 Å². The molecule has 1 heterocycles. The highest BCUT2D eigenvalue weighted by Gasteiger charge is 2.05. The van der Waals surface area contributed by atoms with Gasteiger partial charge in [-0.15, -0.1) is 11.3 Å². The molecule has 0 unspecified atom stereocenters. The summed E-state index contributed by atoms with van der Waals surface area (Å²) >= 11 is 1.77. The highest BCUT2D eigenvalue weighted by molar-refractivity contribution is 7.12. The number of anilines is 1. The van der Waals surface area contributed by atoms with Crippen LogP contribution in [0.15, 0.2) is 30.3 Å². The summed E-state index contributed by atoms with van der Waals surface area (Å²) < 4.78 is 28.3. The minimum atomic E-state index is -2.78. The lowest BCUT2D eigenvalue weighted by Crippen LogP contribution is -2.02. The first-order chi connectivity index (χ1) is 9.04. The third-order valence-electron chi connectivity index (χ3n) is 2.71. The Morgan fingerprint density at radius 3 is 2.42 bits per heavy atom. The van der Waals surface area contributed by atoms with Crippen LogP contribution in [0.5, 0.6) is 5.75 Å². The highest BCUT2D eigenvalue weighted by Crippen LogP contribution is 2.22. The summed E-state index contributed by atoms with van der Waals surface area (Å²) in [5.74, 6) is 0.170. The molecule has 0 saturated carbocycles. The van der Waals surface area contributed by atoms with Crippen LogP contribution < -0.4 is 10.1 Å². The summed E-state index contributed by atoms with van der Waals surface area (Å²) in [7, 11) is 0. The van der Waals surface area contributed by atoms with Gasteiger partial charge < -0.3 is 10.1 Å². The van der Waals surface area contributed by atoms with E-state index >= 15 is 0 Å². The fraction of sp³-hybridized carbons (Fsp3) is 0.286. The predicted molar refractivity (Wildman–Crippen MR) is 74.2 cm³/mol. The van der Waals surface area contributed by atoms with E-state index in [1.807, 2.05) is 0 Å². The predicted octanol–water partition coefficient (Wildman–Crippen LogP) is 4.58. The molecule has 1 aromatic carbocycles. The van der Waals surface area contributed by atoms with Gasteiger partial charge in [-0.2, -0.15) is 8.78 Å². The first-order valence-electron chi connectivity index (χ1n) is 5.89. The van der Waals surface area contributed by atoms with Crippen LogP contribution in [0.4, 0.5) is 14.5 Å². The van der Waals surface area contributed by atoms with Crippen LogP contribution in [-0.2, 0) is 6.54 Å². The van der Waals surface area contributed by atoms with Crippen LogP contribution in [0.3, 0.4) is 0 Å². The maximum atomic E-state index is 12.0. The number of benzene rings is 1. The number of ether oxygens (including phenoxy) is 1. The van der Waals surface area contributed by atoms with Crippen LogP contribution in [0.25, 0.3) is 0 Å². The maximum Gasteiger partial charge on any atom is 0.387 e. The smallest absolute Gasteiger partial charge is 0.387 e. The molecule has 0 aliphatic rings. The van der Waals surface area contributed by atoms with E-state index in [2.05, 4.69) is 30.0 Å². The van der Waals surface area contributed by atoms with Gasteiger partial charge in [0.05, 0.1) is 0 Å². The number of hydrogen-bond donors (Lipinski definition) is 1. The standard InChI is InChI=1S/C14H15F2NOS/c1-9-7-11(10(2)19-9)8-17-12-3-5-13(6-4-12)18-14(15)16/h3-7,14,17H,8H2,1-2H3. The third-order valence-corrected chi connectivity index (χ3v) is 3.71. The van der Waals surface area contributed by atoms with E-state index in [0.29, 0.717) is 0 Å². The lowest BCUT2D eigenvalue weighted by atomic mass is 10.2. The zero-order valence-electron chi connectivity index (χ0n) is 10.7. The molecule has 0 radical (unpaired) electrons. The van der Waals surface area contributed by atoms with Crippen molar-refractivity contribution >= 4 is 17.0 Å². The van der Waals surface area contributed by atoms with Gasteiger partial charge in [0.1, 0.15) is 5.75 Å². The maximum absolute atomic E-state index is 12.0. The van der Waals surface area contributed by atoms with Crippen molar-refractivity contribution in [2.75, 3.05) is 5.32 Å². The molecule has 2 rings (SSSR count). The molecule has 2 aromatic rings. The number of hydrogen-bond acceptors (Lipinski definition) is 3. The van der Waals surface area contributed by atoms with Gasteiger partial charge in [-0.25, -0.2) is 0 Å². The second-order valence-corrected chi connectivity index (χ2v) is 5.66. The Morgan fingerprint density at radius 2 is 1.89 bits per heavy atom. The SMILES string of the molecule is Cc1cc(CNc2ccc(OC(F)F)cc2)c(C)s1. The lowest BCUT2D eigenvalue weighted by molar-refractivity contribution is -0.0498. The van der Waals surface area contributed by atoms with E-state index < -0.39 is 6.61 Å². The summed E-state index contributed by atoms with van der Waals surface area (Å²) in [5, 5.41) is 3.26. The number of thiophene rings is 1. The minimum absolute atomic E-state index is 0.170. The Hall–Kier alpha value is -1.62. The molecule has 19 heavy (non-hydrogen) atoms. The molecule has 5 heteroatoms. The molecule has 0 fully saturated rings. The van der Waals surface area contributed by atoms with Gasteiger partial charge in [-0.3, -0.25) is 0 Å². The van der Waals surface area contributed by atoms with Crippen molar-refractivity contribution in [1.29, 1.82) is 0 Å². The Bertz CT molecular complexity index is 537. The van der Waals surface area contributed by atoms with E-state index in [9.17, 15) is 8.78 Å². The molecule has 0 spiro atoms. The van der Waals surface area contributed by atoms with Crippen molar-refractivity contribution in [3.63, 3.8) is 0 Å². The zero-order valence-corrected chi connectivity index (χ0v) is 11.6. The van der Waals surface area contributed by atoms with Crippen LogP contribution >= 0.6 is 11.3 Å². The molecule has 0 aliphatic carbocycles. The van der Waals surface area contributed by atoms with Crippen LogP contribution in [-0.4, -0.2) is 6.61 Å². The minimum Gasteiger partial charge on any atom is -0.435 e. The molecule has 0 aliphatic heterocycles. The fourth-order valence-corrected chi connectivity index (χ4v) is 2.76. The largest absolute Gasteiger partial charge is 0.435 e. The first kappa shape index (κ1) is 13.8. The Labute approximate surface area is 115 Å². The van der Waals surface area contributed by atoms with Crippen LogP contribution in [0.2, 0.25) is 0 Å². The molecule has 1 aromatic heterocycles. The Kier molecular flexibility index (Phi) is 4.37. The van der Waals surface area contributed by atoms with Crippen molar-refractivity contribution in [3.05, 3.63) is 45.6 Å². The van der Waals surface area contributed by atoms with Crippen molar-refractivity contribution in [3.8, 4) is 5.75 Å². The van der Waals surface area contributed by atoms with Gasteiger partial charge in [-0.05, 0) is 49.7 Å². The van der Waals surface area contributed by atoms with Crippen molar-refractivity contribution < 1.29 is 13.5 Å². The summed E-state index contributed by atoms with van der Waals surface area (Å²) in [4.78, 5) is 2.58. The summed E-state index contributed by atoms with van der Waals surface area (Å²) in [6.07, 6.45) is 0. The quantitative estimate of drug-likeness (QED) is 0.867. The molecule has 2 nitrogen and oxygen atoms in total. The molecule has 0 bridgehead atoms. The molecule has 102 valence electrons. The normalized spacial score (nSPS) is 10.8. The number of aryl methyl sites for hydroxylation is 2. The second kappa shape index (κ2) is 6.02. The molecule has 0 amide bonds. The van der Waals surface area contributed by atoms with Crippen molar-refractivity contribution in [2.24, 2.45) is 0 Å². The van der Waals surface area contributed by atoms with E-state index in [0.717, 1.165) is 12.2 Å². The van der Waals surface area contributed by atoms with Gasteiger partial charge in [0.2, 0.25) is 0 Å². The zero-order chi connectivity index (χ0) is 13.8. The van der Waals surface area contributed by atoms with Gasteiger partial charge in [0.15, 0.2) is 0 Å².